The van der Waals surface area contributed by atoms with Crippen LogP contribution in [0.15, 0.2) is 18.3 Å². The van der Waals surface area contributed by atoms with Crippen molar-refractivity contribution in [3.8, 4) is 5.75 Å². The predicted molar refractivity (Wildman–Crippen MR) is 72.3 cm³/mol. The average molecular weight is 252 g/mol. The quantitative estimate of drug-likeness (QED) is 0.864. The summed E-state index contributed by atoms with van der Waals surface area (Å²) in [5, 5.41) is 13.6. The van der Waals surface area contributed by atoms with Crippen molar-refractivity contribution in [1.82, 2.24) is 10.3 Å². The maximum absolute atomic E-state index is 9.14. The average Bonchev–Trinajstić information content (AvgIpc) is 2.39. The number of nitrogens with one attached hydrogen (secondary N) is 1. The van der Waals surface area contributed by atoms with Crippen molar-refractivity contribution < 1.29 is 5.11 Å². The standard InChI is InChI=1S/C13H20N2OS/c1-17-13-6-3-10(4-7-13)14-8-11-2-5-12(16)9-15-11/h2,5,9-10,13-14,16H,3-4,6-8H2,1H3. The molecule has 1 aliphatic carbocycles. The van der Waals surface area contributed by atoms with E-state index < -0.39 is 0 Å². The van der Waals surface area contributed by atoms with Crippen LogP contribution < -0.4 is 5.32 Å². The molecule has 1 aromatic rings. The van der Waals surface area contributed by atoms with Crippen LogP contribution in [-0.2, 0) is 6.54 Å². The van der Waals surface area contributed by atoms with Gasteiger partial charge in [0.1, 0.15) is 5.75 Å². The van der Waals surface area contributed by atoms with Crippen LogP contribution in [0.1, 0.15) is 31.4 Å². The van der Waals surface area contributed by atoms with E-state index >= 15 is 0 Å². The minimum atomic E-state index is 0.231. The first-order valence-electron chi connectivity index (χ1n) is 6.18. The Hall–Kier alpha value is -0.740. The van der Waals surface area contributed by atoms with Crippen molar-refractivity contribution in [1.29, 1.82) is 0 Å². The molecule has 3 nitrogen and oxygen atoms in total. The van der Waals surface area contributed by atoms with Crippen molar-refractivity contribution in [2.45, 2.75) is 43.5 Å². The van der Waals surface area contributed by atoms with Gasteiger partial charge in [-0.1, -0.05) is 0 Å². The topological polar surface area (TPSA) is 45.1 Å². The predicted octanol–water partition coefficient (Wildman–Crippen LogP) is 2.55. The zero-order chi connectivity index (χ0) is 12.1. The first-order valence-corrected chi connectivity index (χ1v) is 7.47. The summed E-state index contributed by atoms with van der Waals surface area (Å²) in [5.74, 6) is 0.231. The van der Waals surface area contributed by atoms with Crippen molar-refractivity contribution in [2.75, 3.05) is 6.26 Å². The SMILES string of the molecule is CSC1CCC(NCc2ccc(O)cn2)CC1. The first-order chi connectivity index (χ1) is 8.28. The van der Waals surface area contributed by atoms with Gasteiger partial charge in [0.05, 0.1) is 11.9 Å². The Morgan fingerprint density at radius 1 is 1.35 bits per heavy atom. The Kier molecular flexibility index (Phi) is 4.68. The van der Waals surface area contributed by atoms with Crippen molar-refractivity contribution in [3.63, 3.8) is 0 Å². The molecule has 0 atom stereocenters. The second-order valence-electron chi connectivity index (χ2n) is 4.60. The van der Waals surface area contributed by atoms with Crippen molar-refractivity contribution in [3.05, 3.63) is 24.0 Å². The van der Waals surface area contributed by atoms with E-state index in [0.717, 1.165) is 17.5 Å². The van der Waals surface area contributed by atoms with Crippen LogP contribution in [0.4, 0.5) is 0 Å². The Morgan fingerprint density at radius 3 is 2.71 bits per heavy atom. The number of aromatic hydroxyl groups is 1. The zero-order valence-electron chi connectivity index (χ0n) is 10.2. The van der Waals surface area contributed by atoms with Gasteiger partial charge >= 0.3 is 0 Å². The van der Waals surface area contributed by atoms with Crippen LogP contribution in [0.5, 0.6) is 5.75 Å². The van der Waals surface area contributed by atoms with E-state index in [9.17, 15) is 0 Å². The van der Waals surface area contributed by atoms with Gasteiger partial charge in [0.2, 0.25) is 0 Å². The van der Waals surface area contributed by atoms with Crippen molar-refractivity contribution >= 4 is 11.8 Å². The molecule has 0 spiro atoms. The largest absolute Gasteiger partial charge is 0.506 e. The van der Waals surface area contributed by atoms with E-state index in [0.29, 0.717) is 6.04 Å². The fourth-order valence-corrected chi connectivity index (χ4v) is 3.02. The van der Waals surface area contributed by atoms with E-state index in [1.54, 1.807) is 6.07 Å². The fraction of sp³-hybridized carbons (Fsp3) is 0.615. The van der Waals surface area contributed by atoms with E-state index in [2.05, 4.69) is 16.6 Å². The molecule has 1 fully saturated rings. The minimum Gasteiger partial charge on any atom is -0.506 e. The lowest BCUT2D eigenvalue weighted by molar-refractivity contribution is 0.377. The lowest BCUT2D eigenvalue weighted by Gasteiger charge is -2.28. The molecule has 2 N–H and O–H groups in total. The molecule has 4 heteroatoms. The zero-order valence-corrected chi connectivity index (χ0v) is 11.0. The molecule has 0 saturated heterocycles. The molecule has 0 radical (unpaired) electrons. The van der Waals surface area contributed by atoms with Crippen LogP contribution in [0.25, 0.3) is 0 Å². The number of hydrogen-bond donors (Lipinski definition) is 2. The Morgan fingerprint density at radius 2 is 2.12 bits per heavy atom. The normalized spacial score (nSPS) is 24.8. The number of thioether (sulfide) groups is 1. The van der Waals surface area contributed by atoms with Gasteiger partial charge < -0.3 is 10.4 Å². The molecule has 94 valence electrons. The van der Waals surface area contributed by atoms with Crippen molar-refractivity contribution in [2.24, 2.45) is 0 Å². The summed E-state index contributed by atoms with van der Waals surface area (Å²) in [6.45, 7) is 0.800. The third kappa shape index (κ3) is 3.89. The highest BCUT2D eigenvalue weighted by molar-refractivity contribution is 7.99. The van der Waals surface area contributed by atoms with E-state index in [-0.39, 0.29) is 5.75 Å². The molecule has 0 unspecified atom stereocenters. The van der Waals surface area contributed by atoms with Crippen LogP contribution in [0.3, 0.4) is 0 Å². The molecule has 1 aromatic heterocycles. The monoisotopic (exact) mass is 252 g/mol. The summed E-state index contributed by atoms with van der Waals surface area (Å²) in [7, 11) is 0. The molecule has 0 aromatic carbocycles. The van der Waals surface area contributed by atoms with Gasteiger partial charge in [-0.2, -0.15) is 11.8 Å². The summed E-state index contributed by atoms with van der Waals surface area (Å²) < 4.78 is 0. The lowest BCUT2D eigenvalue weighted by atomic mass is 9.95. The molecule has 1 heterocycles. The highest BCUT2D eigenvalue weighted by Crippen LogP contribution is 2.26. The molecule has 0 amide bonds. The number of rotatable bonds is 4. The van der Waals surface area contributed by atoms with Crippen LogP contribution in [0.2, 0.25) is 0 Å². The van der Waals surface area contributed by atoms with Crippen LogP contribution in [0, 0.1) is 0 Å². The smallest absolute Gasteiger partial charge is 0.133 e. The number of aromatic nitrogens is 1. The third-order valence-electron chi connectivity index (χ3n) is 3.39. The number of nitrogens with zero attached hydrogens (tertiary/aromatic N) is 1. The van der Waals surface area contributed by atoms with Gasteiger partial charge in [0.25, 0.3) is 0 Å². The Labute approximate surface area is 107 Å². The van der Waals surface area contributed by atoms with E-state index in [1.807, 2.05) is 17.8 Å². The highest BCUT2D eigenvalue weighted by Gasteiger charge is 2.19. The fourth-order valence-electron chi connectivity index (χ4n) is 2.27. The van der Waals surface area contributed by atoms with Gasteiger partial charge in [-0.05, 0) is 44.1 Å². The van der Waals surface area contributed by atoms with Gasteiger partial charge in [0.15, 0.2) is 0 Å². The maximum atomic E-state index is 9.14. The Bertz CT molecular complexity index is 334. The number of pyridine rings is 1. The van der Waals surface area contributed by atoms with Crippen LogP contribution >= 0.6 is 11.8 Å². The molecule has 17 heavy (non-hydrogen) atoms. The van der Waals surface area contributed by atoms with Crippen LogP contribution in [-0.4, -0.2) is 27.6 Å². The summed E-state index contributed by atoms with van der Waals surface area (Å²) in [5.41, 5.74) is 0.995. The number of hydrogen-bond acceptors (Lipinski definition) is 4. The molecule has 1 saturated carbocycles. The van der Waals surface area contributed by atoms with E-state index in [4.69, 9.17) is 5.11 Å². The molecule has 0 aliphatic heterocycles. The second kappa shape index (κ2) is 6.26. The van der Waals surface area contributed by atoms with Gasteiger partial charge in [-0.25, -0.2) is 0 Å². The minimum absolute atomic E-state index is 0.231. The third-order valence-corrected chi connectivity index (χ3v) is 4.53. The molecule has 0 bridgehead atoms. The highest BCUT2D eigenvalue weighted by atomic mass is 32.2. The lowest BCUT2D eigenvalue weighted by Crippen LogP contribution is -2.33. The Balaban J connectivity index is 1.74. The maximum Gasteiger partial charge on any atom is 0.133 e. The van der Waals surface area contributed by atoms with E-state index in [1.165, 1.54) is 31.9 Å². The summed E-state index contributed by atoms with van der Waals surface area (Å²) in [6.07, 6.45) is 8.89. The molecule has 1 aliphatic rings. The first kappa shape index (κ1) is 12.7. The summed E-state index contributed by atoms with van der Waals surface area (Å²) >= 11 is 2.00. The van der Waals surface area contributed by atoms with Gasteiger partial charge in [-0.3, -0.25) is 4.98 Å². The molecular formula is C13H20N2OS. The van der Waals surface area contributed by atoms with Gasteiger partial charge in [-0.15, -0.1) is 0 Å². The van der Waals surface area contributed by atoms with Gasteiger partial charge in [0, 0.05) is 17.8 Å². The molecule has 2 rings (SSSR count). The second-order valence-corrected chi connectivity index (χ2v) is 5.74. The summed E-state index contributed by atoms with van der Waals surface area (Å²) in [6, 6.07) is 4.19. The summed E-state index contributed by atoms with van der Waals surface area (Å²) in [4.78, 5) is 4.18. The molecular weight excluding hydrogens is 232 g/mol.